The fraction of sp³-hybridized carbons (Fsp3) is 0.619. The van der Waals surface area contributed by atoms with Crippen molar-refractivity contribution >= 4 is 33.7 Å². The third-order valence-corrected chi connectivity index (χ3v) is 7.76. The van der Waals surface area contributed by atoms with Crippen LogP contribution in [-0.4, -0.2) is 62.9 Å². The minimum atomic E-state index is -3.89. The number of nitrogens with zero attached hydrogens (tertiary/aromatic N) is 1. The maximum absolute atomic E-state index is 12.6. The maximum atomic E-state index is 12.6. The van der Waals surface area contributed by atoms with Crippen LogP contribution < -0.4 is 20.1 Å². The molecule has 1 saturated heterocycles. The number of hydrogen-bond acceptors (Lipinski definition) is 5. The first-order valence-electron chi connectivity index (χ1n) is 11.0. The minimum Gasteiger partial charge on any atom is -0.496 e. The van der Waals surface area contributed by atoms with Crippen LogP contribution in [0.15, 0.2) is 18.2 Å². The summed E-state index contributed by atoms with van der Waals surface area (Å²) in [5.74, 6) is 0.275. The summed E-state index contributed by atoms with van der Waals surface area (Å²) in [4.78, 5) is 24.6. The molecule has 186 valence electrons. The summed E-state index contributed by atoms with van der Waals surface area (Å²) in [6.45, 7) is 0.984. The summed E-state index contributed by atoms with van der Waals surface area (Å²) in [6.07, 6.45) is 6.17. The van der Waals surface area contributed by atoms with E-state index in [1.54, 1.807) is 18.2 Å². The van der Waals surface area contributed by atoms with E-state index in [1.807, 2.05) is 0 Å². The van der Waals surface area contributed by atoms with Gasteiger partial charge in [0.15, 0.2) is 0 Å². The topological polar surface area (TPSA) is 148 Å². The molecule has 3 amide bonds. The normalized spacial score (nSPS) is 18.1. The number of methoxy groups -OCH3 is 1. The second kappa shape index (κ2) is 12.4. The van der Waals surface area contributed by atoms with Gasteiger partial charge in [-0.2, -0.15) is 12.7 Å². The van der Waals surface area contributed by atoms with Crippen LogP contribution in [-0.2, 0) is 10.2 Å². The third-order valence-electron chi connectivity index (χ3n) is 6.03. The van der Waals surface area contributed by atoms with Gasteiger partial charge in [-0.15, -0.1) is 0 Å². The zero-order chi connectivity index (χ0) is 23.1. The molecule has 10 nitrogen and oxygen atoms in total. The molecule has 1 heterocycles. The number of amides is 3. The minimum absolute atomic E-state index is 0. The number of carbonyl (C=O) groups excluding carboxylic acids is 2. The smallest absolute Gasteiger partial charge is 0.329 e. The van der Waals surface area contributed by atoms with E-state index in [1.165, 1.54) is 11.4 Å². The summed E-state index contributed by atoms with van der Waals surface area (Å²) < 4.78 is 33.7. The molecule has 12 heteroatoms. The van der Waals surface area contributed by atoms with E-state index in [4.69, 9.17) is 16.3 Å². The Kier molecular flexibility index (Phi) is 10.2. The molecule has 0 spiro atoms. The van der Waals surface area contributed by atoms with Crippen molar-refractivity contribution in [1.82, 2.24) is 19.7 Å². The van der Waals surface area contributed by atoms with Crippen molar-refractivity contribution in [3.8, 4) is 5.75 Å². The molecule has 1 aliphatic carbocycles. The molecule has 33 heavy (non-hydrogen) atoms. The Balaban J connectivity index is 0.00000385. The van der Waals surface area contributed by atoms with Gasteiger partial charge < -0.3 is 20.8 Å². The van der Waals surface area contributed by atoms with Crippen molar-refractivity contribution in [2.24, 2.45) is 5.92 Å². The molecule has 0 radical (unpaired) electrons. The summed E-state index contributed by atoms with van der Waals surface area (Å²) in [5.41, 5.74) is 0.355. The predicted molar refractivity (Wildman–Crippen MR) is 126 cm³/mol. The molecule has 0 atom stereocenters. The Bertz CT molecular complexity index is 915. The van der Waals surface area contributed by atoms with Crippen LogP contribution in [0.5, 0.6) is 5.75 Å². The number of urea groups is 1. The van der Waals surface area contributed by atoms with Crippen LogP contribution in [0.1, 0.15) is 55.3 Å². The molecule has 0 bridgehead atoms. The van der Waals surface area contributed by atoms with Gasteiger partial charge in [0.05, 0.1) is 12.7 Å². The van der Waals surface area contributed by atoms with Crippen molar-refractivity contribution in [2.75, 3.05) is 26.7 Å². The highest BCUT2D eigenvalue weighted by Gasteiger charge is 2.30. The van der Waals surface area contributed by atoms with E-state index in [0.717, 1.165) is 32.1 Å². The zero-order valence-electron chi connectivity index (χ0n) is 18.7. The second-order valence-corrected chi connectivity index (χ2v) is 10.4. The largest absolute Gasteiger partial charge is 0.496 e. The van der Waals surface area contributed by atoms with Gasteiger partial charge in [-0.05, 0) is 49.8 Å². The molecule has 5 N–H and O–H groups in total. The molecule has 1 aromatic rings. The summed E-state index contributed by atoms with van der Waals surface area (Å²) in [7, 11) is -2.41. The molecular weight excluding hydrogens is 472 g/mol. The lowest BCUT2D eigenvalue weighted by Gasteiger charge is -2.31. The van der Waals surface area contributed by atoms with Gasteiger partial charge >= 0.3 is 16.2 Å². The van der Waals surface area contributed by atoms with E-state index < -0.39 is 16.2 Å². The number of benzene rings is 1. The fourth-order valence-electron chi connectivity index (χ4n) is 4.19. The Hall–Kier alpha value is -2.08. The highest BCUT2D eigenvalue weighted by atomic mass is 35.5. The van der Waals surface area contributed by atoms with Crippen molar-refractivity contribution in [1.29, 1.82) is 0 Å². The third kappa shape index (κ3) is 7.73. The fourth-order valence-corrected chi connectivity index (χ4v) is 5.47. The standard InChI is InChI=1S/C21H31ClN4O5S.H2O/c1-31-19-8-7-16(22)13-18(19)20(27)23-14-15-9-11-26(12-10-15)32(29,30)25-21(28)24-17-5-3-2-4-6-17;/h7-8,13,15,17H,2-6,9-12,14H2,1H3,(H,23,27)(H2,24,25,28);1H2. The van der Waals surface area contributed by atoms with Gasteiger partial charge in [-0.3, -0.25) is 4.79 Å². The summed E-state index contributed by atoms with van der Waals surface area (Å²) in [6, 6.07) is 4.21. The van der Waals surface area contributed by atoms with E-state index in [9.17, 15) is 18.0 Å². The molecule has 1 saturated carbocycles. The Labute approximate surface area is 199 Å². The molecular formula is C21H33ClN4O6S. The van der Waals surface area contributed by atoms with Gasteiger partial charge in [0.25, 0.3) is 5.91 Å². The van der Waals surface area contributed by atoms with Crippen molar-refractivity contribution < 1.29 is 28.2 Å². The first-order valence-corrected chi connectivity index (χ1v) is 12.8. The number of hydrogen-bond donors (Lipinski definition) is 3. The molecule has 3 rings (SSSR count). The van der Waals surface area contributed by atoms with E-state index in [2.05, 4.69) is 15.4 Å². The molecule has 1 aromatic carbocycles. The average Bonchev–Trinajstić information content (AvgIpc) is 2.78. The van der Waals surface area contributed by atoms with Crippen LogP contribution in [0, 0.1) is 5.92 Å². The summed E-state index contributed by atoms with van der Waals surface area (Å²) >= 11 is 5.98. The highest BCUT2D eigenvalue weighted by Crippen LogP contribution is 2.23. The van der Waals surface area contributed by atoms with Gasteiger partial charge in [-0.1, -0.05) is 30.9 Å². The Morgan fingerprint density at radius 1 is 1.12 bits per heavy atom. The van der Waals surface area contributed by atoms with Crippen molar-refractivity contribution in [2.45, 2.75) is 51.0 Å². The van der Waals surface area contributed by atoms with Crippen LogP contribution in [0.4, 0.5) is 4.79 Å². The molecule has 1 aliphatic heterocycles. The Morgan fingerprint density at radius 2 is 1.79 bits per heavy atom. The lowest BCUT2D eigenvalue weighted by Crippen LogP contribution is -2.52. The monoisotopic (exact) mass is 504 g/mol. The number of halogens is 1. The first kappa shape index (κ1) is 27.2. The van der Waals surface area contributed by atoms with E-state index >= 15 is 0 Å². The number of ether oxygens (including phenoxy) is 1. The van der Waals surface area contributed by atoms with Gasteiger partial charge in [-0.25, -0.2) is 9.52 Å². The van der Waals surface area contributed by atoms with Crippen molar-refractivity contribution in [3.05, 3.63) is 28.8 Å². The lowest BCUT2D eigenvalue weighted by molar-refractivity contribution is 0.0938. The van der Waals surface area contributed by atoms with Crippen LogP contribution in [0.3, 0.4) is 0 Å². The van der Waals surface area contributed by atoms with Crippen molar-refractivity contribution in [3.63, 3.8) is 0 Å². The molecule has 2 fully saturated rings. The molecule has 2 aliphatic rings. The number of carbonyl (C=O) groups is 2. The van der Waals surface area contributed by atoms with Gasteiger partial charge in [0.2, 0.25) is 0 Å². The highest BCUT2D eigenvalue weighted by molar-refractivity contribution is 7.87. The van der Waals surface area contributed by atoms with Crippen LogP contribution in [0.25, 0.3) is 0 Å². The predicted octanol–water partition coefficient (Wildman–Crippen LogP) is 1.84. The maximum Gasteiger partial charge on any atom is 0.329 e. The lowest BCUT2D eigenvalue weighted by atomic mass is 9.96. The number of rotatable bonds is 7. The van der Waals surface area contributed by atoms with Crippen LogP contribution >= 0.6 is 11.6 Å². The van der Waals surface area contributed by atoms with E-state index in [-0.39, 0.29) is 36.4 Å². The number of piperidine rings is 1. The Morgan fingerprint density at radius 3 is 2.42 bits per heavy atom. The van der Waals surface area contributed by atoms with E-state index in [0.29, 0.717) is 35.7 Å². The average molecular weight is 505 g/mol. The van der Waals surface area contributed by atoms with Crippen LogP contribution in [0.2, 0.25) is 5.02 Å². The SMILES string of the molecule is COc1ccc(Cl)cc1C(=O)NCC1CCN(S(=O)(=O)NC(=O)NC2CCCCC2)CC1.O. The first-order chi connectivity index (χ1) is 15.3. The summed E-state index contributed by atoms with van der Waals surface area (Å²) in [5, 5.41) is 6.08. The number of nitrogens with one attached hydrogen (secondary N) is 3. The zero-order valence-corrected chi connectivity index (χ0v) is 20.3. The van der Waals surface area contributed by atoms with Gasteiger partial charge in [0, 0.05) is 30.7 Å². The molecule has 0 aromatic heterocycles. The van der Waals surface area contributed by atoms with Gasteiger partial charge in [0.1, 0.15) is 5.75 Å². The molecule has 0 unspecified atom stereocenters. The quantitative estimate of drug-likeness (QED) is 0.518. The second-order valence-electron chi connectivity index (χ2n) is 8.31.